The molecular formula is C20H23FN2O2. The molecule has 2 aromatic rings. The van der Waals surface area contributed by atoms with Crippen LogP contribution in [-0.2, 0) is 0 Å². The van der Waals surface area contributed by atoms with E-state index < -0.39 is 11.9 Å². The number of rotatable bonds is 5. The van der Waals surface area contributed by atoms with Crippen LogP contribution in [0, 0.1) is 18.2 Å². The van der Waals surface area contributed by atoms with Crippen molar-refractivity contribution in [3.63, 3.8) is 0 Å². The minimum atomic E-state index is -0.441. The maximum Gasteiger partial charge on any atom is 0.415 e. The summed E-state index contributed by atoms with van der Waals surface area (Å²) in [5.74, 6) is 2.53. The normalized spacial score (nSPS) is 10.8. The molecule has 0 unspecified atom stereocenters. The first-order valence-corrected chi connectivity index (χ1v) is 8.19. The van der Waals surface area contributed by atoms with Gasteiger partial charge in [-0.3, -0.25) is 0 Å². The fourth-order valence-corrected chi connectivity index (χ4v) is 2.65. The maximum atomic E-state index is 14.1. The number of halogens is 1. The highest BCUT2D eigenvalue weighted by Gasteiger charge is 2.17. The van der Waals surface area contributed by atoms with Gasteiger partial charge in [0.15, 0.2) is 0 Å². The second kappa shape index (κ2) is 8.00. The van der Waals surface area contributed by atoms with Crippen molar-refractivity contribution < 1.29 is 13.9 Å². The highest BCUT2D eigenvalue weighted by Crippen LogP contribution is 2.33. The van der Waals surface area contributed by atoms with Crippen LogP contribution in [0.25, 0.3) is 10.8 Å². The summed E-state index contributed by atoms with van der Waals surface area (Å²) in [6.45, 7) is 5.19. The average Bonchev–Trinajstić information content (AvgIpc) is 2.58. The van der Waals surface area contributed by atoms with Gasteiger partial charge in [-0.15, -0.1) is 6.42 Å². The molecular weight excluding hydrogens is 319 g/mol. The Labute approximate surface area is 148 Å². The van der Waals surface area contributed by atoms with E-state index in [4.69, 9.17) is 11.2 Å². The zero-order valence-corrected chi connectivity index (χ0v) is 15.0. The van der Waals surface area contributed by atoms with E-state index in [0.717, 1.165) is 10.9 Å². The van der Waals surface area contributed by atoms with Crippen molar-refractivity contribution in [2.24, 2.45) is 0 Å². The zero-order valence-electron chi connectivity index (χ0n) is 15.0. The predicted octanol–water partition coefficient (Wildman–Crippen LogP) is 3.73. The van der Waals surface area contributed by atoms with Gasteiger partial charge in [-0.2, -0.15) is 0 Å². The van der Waals surface area contributed by atoms with Crippen molar-refractivity contribution in [3.8, 4) is 18.1 Å². The van der Waals surface area contributed by atoms with E-state index >= 15 is 0 Å². The number of nitrogens with zero attached hydrogens (tertiary/aromatic N) is 1. The molecule has 0 saturated carbocycles. The lowest BCUT2D eigenvalue weighted by atomic mass is 9.92. The minimum Gasteiger partial charge on any atom is -0.410 e. The number of hydrogen-bond acceptors (Lipinski definition) is 3. The first-order chi connectivity index (χ1) is 11.9. The summed E-state index contributed by atoms with van der Waals surface area (Å²) in [6, 6.07) is 6.47. The van der Waals surface area contributed by atoms with E-state index in [-0.39, 0.29) is 11.5 Å². The highest BCUT2D eigenvalue weighted by atomic mass is 19.1. The van der Waals surface area contributed by atoms with Crippen molar-refractivity contribution in [1.82, 2.24) is 10.2 Å². The smallest absolute Gasteiger partial charge is 0.410 e. The Hall–Kier alpha value is -2.58. The summed E-state index contributed by atoms with van der Waals surface area (Å²) in [5.41, 5.74) is 1.09. The Kier molecular flexibility index (Phi) is 6.00. The van der Waals surface area contributed by atoms with Gasteiger partial charge in [0.25, 0.3) is 0 Å². The van der Waals surface area contributed by atoms with Gasteiger partial charge in [0, 0.05) is 25.5 Å². The minimum absolute atomic E-state index is 0.0945. The van der Waals surface area contributed by atoms with Gasteiger partial charge in [0.05, 0.1) is 5.56 Å². The summed E-state index contributed by atoms with van der Waals surface area (Å²) in [7, 11) is 3.50. The van der Waals surface area contributed by atoms with Crippen molar-refractivity contribution in [2.75, 3.05) is 27.2 Å². The van der Waals surface area contributed by atoms with E-state index in [2.05, 4.69) is 11.2 Å². The summed E-state index contributed by atoms with van der Waals surface area (Å²) in [5, 5.41) is 4.43. The van der Waals surface area contributed by atoms with Crippen molar-refractivity contribution in [3.05, 3.63) is 41.2 Å². The van der Waals surface area contributed by atoms with Crippen molar-refractivity contribution in [2.45, 2.75) is 19.8 Å². The lowest BCUT2D eigenvalue weighted by molar-refractivity contribution is 0.163. The van der Waals surface area contributed by atoms with Crippen LogP contribution in [0.3, 0.4) is 0 Å². The average molecular weight is 342 g/mol. The number of nitrogens with one attached hydrogen (secondary N) is 1. The number of likely N-dealkylation sites (N-methyl/N-ethyl adjacent to an activating group) is 2. The topological polar surface area (TPSA) is 41.6 Å². The Balaban J connectivity index is 2.45. The number of fused-ring (bicyclic) bond motifs is 1. The molecule has 2 rings (SSSR count). The Morgan fingerprint density at radius 3 is 2.72 bits per heavy atom. The number of amides is 1. The van der Waals surface area contributed by atoms with Gasteiger partial charge < -0.3 is 15.0 Å². The van der Waals surface area contributed by atoms with E-state index in [9.17, 15) is 9.18 Å². The molecule has 4 nitrogen and oxygen atoms in total. The van der Waals surface area contributed by atoms with Crippen LogP contribution in [0.4, 0.5) is 9.18 Å². The fraction of sp³-hybridized carbons (Fsp3) is 0.350. The van der Waals surface area contributed by atoms with Crippen LogP contribution in [-0.4, -0.2) is 38.2 Å². The molecule has 0 aliphatic rings. The van der Waals surface area contributed by atoms with Crippen LogP contribution in [0.5, 0.6) is 5.75 Å². The van der Waals surface area contributed by atoms with Crippen LogP contribution in [0.2, 0.25) is 0 Å². The zero-order chi connectivity index (χ0) is 18.6. The van der Waals surface area contributed by atoms with Crippen LogP contribution in [0.1, 0.15) is 30.9 Å². The number of hydrogen-bond donors (Lipinski definition) is 1. The largest absolute Gasteiger partial charge is 0.415 e. The Bertz CT molecular complexity index is 825. The van der Waals surface area contributed by atoms with E-state index in [1.54, 1.807) is 25.2 Å². The van der Waals surface area contributed by atoms with Gasteiger partial charge in [-0.1, -0.05) is 25.8 Å². The molecule has 0 atom stereocenters. The number of carbonyl (C=O) groups excluding carboxylic acids is 1. The molecule has 0 spiro atoms. The monoisotopic (exact) mass is 342 g/mol. The molecule has 2 aromatic carbocycles. The summed E-state index contributed by atoms with van der Waals surface area (Å²) in [4.78, 5) is 13.7. The van der Waals surface area contributed by atoms with E-state index in [0.29, 0.717) is 24.2 Å². The summed E-state index contributed by atoms with van der Waals surface area (Å²) < 4.78 is 19.5. The number of benzene rings is 2. The van der Waals surface area contributed by atoms with Crippen molar-refractivity contribution >= 4 is 16.9 Å². The number of ether oxygens (including phenoxy) is 1. The van der Waals surface area contributed by atoms with Crippen LogP contribution < -0.4 is 10.1 Å². The van der Waals surface area contributed by atoms with E-state index in [1.807, 2.05) is 20.9 Å². The Morgan fingerprint density at radius 1 is 1.40 bits per heavy atom. The second-order valence-electron chi connectivity index (χ2n) is 6.23. The quantitative estimate of drug-likeness (QED) is 0.842. The molecule has 1 amide bonds. The SMILES string of the molecule is C#Cc1c(F)ccc2cc(OC(=O)N(C)CCNC)cc(C(C)C)c12. The lowest BCUT2D eigenvalue weighted by Crippen LogP contribution is -2.34. The van der Waals surface area contributed by atoms with Gasteiger partial charge in [0.2, 0.25) is 0 Å². The maximum absolute atomic E-state index is 14.1. The molecule has 25 heavy (non-hydrogen) atoms. The van der Waals surface area contributed by atoms with Gasteiger partial charge in [-0.25, -0.2) is 9.18 Å². The Morgan fingerprint density at radius 2 is 2.12 bits per heavy atom. The molecule has 0 bridgehead atoms. The van der Waals surface area contributed by atoms with E-state index in [1.165, 1.54) is 11.0 Å². The lowest BCUT2D eigenvalue weighted by Gasteiger charge is -2.18. The molecule has 0 aliphatic heterocycles. The third-order valence-electron chi connectivity index (χ3n) is 4.05. The molecule has 132 valence electrons. The predicted molar refractivity (Wildman–Crippen MR) is 98.5 cm³/mol. The van der Waals surface area contributed by atoms with Crippen LogP contribution >= 0.6 is 0 Å². The third-order valence-corrected chi connectivity index (χ3v) is 4.05. The highest BCUT2D eigenvalue weighted by molar-refractivity contribution is 5.93. The molecule has 5 heteroatoms. The molecule has 0 aromatic heterocycles. The third kappa shape index (κ3) is 4.09. The summed E-state index contributed by atoms with van der Waals surface area (Å²) >= 11 is 0. The van der Waals surface area contributed by atoms with Gasteiger partial charge >= 0.3 is 6.09 Å². The molecule has 0 aliphatic carbocycles. The molecule has 0 heterocycles. The second-order valence-corrected chi connectivity index (χ2v) is 6.23. The number of carbonyl (C=O) groups is 1. The molecule has 0 radical (unpaired) electrons. The van der Waals surface area contributed by atoms with Gasteiger partial charge in [-0.05, 0) is 42.1 Å². The first-order valence-electron chi connectivity index (χ1n) is 8.19. The van der Waals surface area contributed by atoms with Gasteiger partial charge in [0.1, 0.15) is 11.6 Å². The molecule has 0 fully saturated rings. The molecule has 1 N–H and O–H groups in total. The molecule has 0 saturated heterocycles. The fourth-order valence-electron chi connectivity index (χ4n) is 2.65. The number of terminal acetylenes is 1. The van der Waals surface area contributed by atoms with Crippen molar-refractivity contribution in [1.29, 1.82) is 0 Å². The summed E-state index contributed by atoms with van der Waals surface area (Å²) in [6.07, 6.45) is 5.06. The first kappa shape index (κ1) is 18.8. The standard InChI is InChI=1S/C20H23FN2O2/c1-6-16-18(21)8-7-14-11-15(12-17(13(2)3)19(14)16)25-20(24)23(5)10-9-22-4/h1,7-8,11-13,22H,9-10H2,2-5H3. The van der Waals surface area contributed by atoms with Crippen LogP contribution in [0.15, 0.2) is 24.3 Å².